The number of fused-ring (bicyclic) bond motifs is 1. The molecule has 1 amide bonds. The second-order valence-electron chi connectivity index (χ2n) is 9.24. The van der Waals surface area contributed by atoms with Gasteiger partial charge in [-0.2, -0.15) is 0 Å². The molecule has 8 nitrogen and oxygen atoms in total. The first kappa shape index (κ1) is 23.0. The number of aromatic nitrogens is 2. The Morgan fingerprint density at radius 3 is 2.65 bits per heavy atom. The van der Waals surface area contributed by atoms with Crippen LogP contribution in [0.4, 0.5) is 17.3 Å². The Morgan fingerprint density at radius 1 is 1.18 bits per heavy atom. The second kappa shape index (κ2) is 9.85. The smallest absolute Gasteiger partial charge is 0.263 e. The van der Waals surface area contributed by atoms with E-state index in [2.05, 4.69) is 37.6 Å². The van der Waals surface area contributed by atoms with Crippen LogP contribution < -0.4 is 15.5 Å². The molecule has 2 atom stereocenters. The normalized spacial score (nSPS) is 20.6. The van der Waals surface area contributed by atoms with Crippen LogP contribution in [0.15, 0.2) is 30.6 Å². The van der Waals surface area contributed by atoms with Gasteiger partial charge in [0.05, 0.1) is 27.6 Å². The molecule has 2 fully saturated rings. The van der Waals surface area contributed by atoms with Gasteiger partial charge in [0.2, 0.25) is 0 Å². The lowest BCUT2D eigenvalue weighted by atomic mass is 9.94. The fourth-order valence-electron chi connectivity index (χ4n) is 4.98. The number of carbonyl (C=O) groups is 1. The van der Waals surface area contributed by atoms with Gasteiger partial charge in [-0.3, -0.25) is 4.79 Å². The Balaban J connectivity index is 1.44. The number of methoxy groups -OCH3 is 1. The van der Waals surface area contributed by atoms with Crippen LogP contribution in [0.5, 0.6) is 0 Å². The van der Waals surface area contributed by atoms with Crippen LogP contribution in [0.2, 0.25) is 0 Å². The van der Waals surface area contributed by atoms with Crippen molar-refractivity contribution >= 4 is 44.7 Å². The molecule has 1 saturated heterocycles. The monoisotopic (exact) mass is 480 g/mol. The molecule has 0 aromatic carbocycles. The third-order valence-corrected chi connectivity index (χ3v) is 7.97. The average Bonchev–Trinajstić information content (AvgIpc) is 3.48. The van der Waals surface area contributed by atoms with Crippen molar-refractivity contribution in [3.8, 4) is 0 Å². The van der Waals surface area contributed by atoms with Crippen molar-refractivity contribution in [3.05, 3.63) is 41.0 Å². The summed E-state index contributed by atoms with van der Waals surface area (Å²) in [6.45, 7) is 3.98. The fraction of sp³-hybridized carbons (Fsp3) is 0.480. The summed E-state index contributed by atoms with van der Waals surface area (Å²) in [6.07, 6.45) is 7.03. The standard InChI is InChI=1S/C25H32N6O2S/c1-30(2)25(32)24-23(16-4-6-18(12-16)33-3)19-13-22(28-15-20(19)34-24)29-21-7-5-17(14-27-21)31-10-8-26-9-11-31/h5,7,13-16,18,26H,4,6,8-12H2,1-3H3,(H,27,28,29). The molecule has 2 unspecified atom stereocenters. The minimum Gasteiger partial charge on any atom is -0.381 e. The average molecular weight is 481 g/mol. The summed E-state index contributed by atoms with van der Waals surface area (Å²) in [4.78, 5) is 27.1. The molecular weight excluding hydrogens is 448 g/mol. The molecule has 0 radical (unpaired) electrons. The third kappa shape index (κ3) is 4.60. The number of nitrogens with one attached hydrogen (secondary N) is 2. The molecule has 180 valence electrons. The molecule has 0 spiro atoms. The van der Waals surface area contributed by atoms with E-state index in [0.717, 1.165) is 83.3 Å². The van der Waals surface area contributed by atoms with Crippen LogP contribution in [0.25, 0.3) is 10.1 Å². The molecule has 9 heteroatoms. The molecule has 5 rings (SSSR count). The van der Waals surface area contributed by atoms with Crippen LogP contribution in [0.3, 0.4) is 0 Å². The lowest BCUT2D eigenvalue weighted by Crippen LogP contribution is -2.43. The van der Waals surface area contributed by atoms with Crippen molar-refractivity contribution in [3.63, 3.8) is 0 Å². The Labute approximate surface area is 204 Å². The van der Waals surface area contributed by atoms with Crippen molar-refractivity contribution < 1.29 is 9.53 Å². The lowest BCUT2D eigenvalue weighted by Gasteiger charge is -2.29. The Hall–Kier alpha value is -2.75. The number of carbonyl (C=O) groups excluding carboxylic acids is 1. The van der Waals surface area contributed by atoms with Gasteiger partial charge in [0, 0.05) is 59.0 Å². The summed E-state index contributed by atoms with van der Waals surface area (Å²) < 4.78 is 6.66. The van der Waals surface area contributed by atoms with E-state index in [1.54, 1.807) is 23.3 Å². The first-order valence-corrected chi connectivity index (χ1v) is 12.7. The van der Waals surface area contributed by atoms with Crippen molar-refractivity contribution in [2.24, 2.45) is 0 Å². The van der Waals surface area contributed by atoms with E-state index in [1.807, 2.05) is 32.6 Å². The highest BCUT2D eigenvalue weighted by Gasteiger charge is 2.32. The number of nitrogens with zero attached hydrogens (tertiary/aromatic N) is 4. The van der Waals surface area contributed by atoms with Gasteiger partial charge in [0.1, 0.15) is 11.6 Å². The Kier molecular flexibility index (Phi) is 6.67. The van der Waals surface area contributed by atoms with E-state index >= 15 is 0 Å². The van der Waals surface area contributed by atoms with Crippen LogP contribution >= 0.6 is 11.3 Å². The van der Waals surface area contributed by atoms with Gasteiger partial charge in [0.15, 0.2) is 0 Å². The SMILES string of the molecule is COC1CCC(c2c(C(=O)N(C)C)sc3cnc(Nc4ccc(N5CCNCC5)cn4)cc23)C1. The zero-order valence-corrected chi connectivity index (χ0v) is 20.8. The number of thiophene rings is 1. The van der Waals surface area contributed by atoms with Gasteiger partial charge >= 0.3 is 0 Å². The van der Waals surface area contributed by atoms with Crippen molar-refractivity contribution in [1.82, 2.24) is 20.2 Å². The zero-order valence-electron chi connectivity index (χ0n) is 20.0. The molecule has 4 heterocycles. The molecule has 1 aliphatic carbocycles. The molecule has 1 saturated carbocycles. The number of rotatable bonds is 6. The maximum absolute atomic E-state index is 13.0. The molecule has 3 aromatic heterocycles. The number of pyridine rings is 2. The van der Waals surface area contributed by atoms with E-state index in [4.69, 9.17) is 4.74 Å². The Morgan fingerprint density at radius 2 is 1.97 bits per heavy atom. The van der Waals surface area contributed by atoms with Gasteiger partial charge in [0.25, 0.3) is 5.91 Å². The van der Waals surface area contributed by atoms with Crippen LogP contribution in [-0.4, -0.2) is 74.3 Å². The van der Waals surface area contributed by atoms with Gasteiger partial charge in [-0.1, -0.05) is 0 Å². The summed E-state index contributed by atoms with van der Waals surface area (Å²) in [5.74, 6) is 1.85. The number of piperazine rings is 1. The highest BCUT2D eigenvalue weighted by Crippen LogP contribution is 2.45. The number of hydrogen-bond donors (Lipinski definition) is 2. The number of anilines is 3. The van der Waals surface area contributed by atoms with E-state index in [1.165, 1.54) is 0 Å². The minimum atomic E-state index is 0.0525. The van der Waals surface area contributed by atoms with Crippen LogP contribution in [0.1, 0.15) is 40.4 Å². The van der Waals surface area contributed by atoms with Gasteiger partial charge in [-0.05, 0) is 48.9 Å². The molecule has 3 aromatic rings. The summed E-state index contributed by atoms with van der Waals surface area (Å²) >= 11 is 1.54. The van der Waals surface area contributed by atoms with Gasteiger partial charge in [-0.25, -0.2) is 9.97 Å². The maximum Gasteiger partial charge on any atom is 0.263 e. The van der Waals surface area contributed by atoms with E-state index in [0.29, 0.717) is 5.92 Å². The molecular formula is C25H32N6O2S. The van der Waals surface area contributed by atoms with E-state index in [-0.39, 0.29) is 12.0 Å². The first-order valence-electron chi connectivity index (χ1n) is 11.9. The predicted octanol–water partition coefficient (Wildman–Crippen LogP) is 3.83. The quantitative estimate of drug-likeness (QED) is 0.555. The summed E-state index contributed by atoms with van der Waals surface area (Å²) in [5.41, 5.74) is 2.28. The first-order chi connectivity index (χ1) is 16.5. The third-order valence-electron chi connectivity index (χ3n) is 6.83. The molecule has 2 aliphatic rings. The molecule has 2 N–H and O–H groups in total. The van der Waals surface area contributed by atoms with Crippen LogP contribution in [0, 0.1) is 0 Å². The number of amides is 1. The highest BCUT2D eigenvalue weighted by molar-refractivity contribution is 7.21. The second-order valence-corrected chi connectivity index (χ2v) is 10.3. The Bertz CT molecular complexity index is 1160. The number of ether oxygens (including phenoxy) is 1. The van der Waals surface area contributed by atoms with Crippen LogP contribution in [-0.2, 0) is 4.74 Å². The summed E-state index contributed by atoms with van der Waals surface area (Å²) in [7, 11) is 5.39. The molecule has 1 aliphatic heterocycles. The van der Waals surface area contributed by atoms with Gasteiger partial charge in [-0.15, -0.1) is 11.3 Å². The van der Waals surface area contributed by atoms with Gasteiger partial charge < -0.3 is 25.2 Å². The van der Waals surface area contributed by atoms with Crippen molar-refractivity contribution in [1.29, 1.82) is 0 Å². The topological polar surface area (TPSA) is 82.6 Å². The largest absolute Gasteiger partial charge is 0.381 e. The maximum atomic E-state index is 13.0. The molecule has 0 bridgehead atoms. The number of hydrogen-bond acceptors (Lipinski definition) is 8. The van der Waals surface area contributed by atoms with Crippen molar-refractivity contribution in [2.75, 3.05) is 57.6 Å². The lowest BCUT2D eigenvalue weighted by molar-refractivity contribution is 0.0830. The highest BCUT2D eigenvalue weighted by atomic mass is 32.1. The predicted molar refractivity (Wildman–Crippen MR) is 138 cm³/mol. The minimum absolute atomic E-state index is 0.0525. The molecule has 34 heavy (non-hydrogen) atoms. The zero-order chi connectivity index (χ0) is 23.7. The van der Waals surface area contributed by atoms with E-state index < -0.39 is 0 Å². The fourth-order valence-corrected chi connectivity index (χ4v) is 6.24. The summed E-state index contributed by atoms with van der Waals surface area (Å²) in [6, 6.07) is 6.17. The van der Waals surface area contributed by atoms with Crippen molar-refractivity contribution in [2.45, 2.75) is 31.3 Å². The van der Waals surface area contributed by atoms with E-state index in [9.17, 15) is 4.79 Å². The summed E-state index contributed by atoms with van der Waals surface area (Å²) in [5, 5.41) is 7.84.